The van der Waals surface area contributed by atoms with Crippen molar-refractivity contribution in [2.24, 2.45) is 0 Å². The third-order valence-corrected chi connectivity index (χ3v) is 5.01. The number of carbonyl (C=O) groups is 2. The molecule has 6 nitrogen and oxygen atoms in total. The van der Waals surface area contributed by atoms with Crippen LogP contribution in [0.4, 0.5) is 16.2 Å². The second kappa shape index (κ2) is 9.26. The maximum absolute atomic E-state index is 12.4. The molecule has 1 aliphatic heterocycles. The van der Waals surface area contributed by atoms with Crippen LogP contribution in [0.15, 0.2) is 48.5 Å². The van der Waals surface area contributed by atoms with Crippen molar-refractivity contribution in [1.82, 2.24) is 10.2 Å². The fraction of sp³-hybridized carbons (Fsp3) is 0.364. The monoisotopic (exact) mass is 380 g/mol. The second-order valence-corrected chi connectivity index (χ2v) is 6.86. The number of aryl methyl sites for hydroxylation is 1. The molecule has 1 heterocycles. The van der Waals surface area contributed by atoms with Crippen LogP contribution >= 0.6 is 0 Å². The van der Waals surface area contributed by atoms with Crippen molar-refractivity contribution < 1.29 is 9.59 Å². The summed E-state index contributed by atoms with van der Waals surface area (Å²) in [6, 6.07) is 15.6. The Labute approximate surface area is 166 Å². The molecule has 1 fully saturated rings. The lowest BCUT2D eigenvalue weighted by Gasteiger charge is -2.36. The summed E-state index contributed by atoms with van der Waals surface area (Å²) in [4.78, 5) is 28.4. The SMILES string of the molecule is CCNC(=O)N1CCN(c2ccc(NC(=O)c3ccc(CC)cc3)cc2)CC1. The van der Waals surface area contributed by atoms with Gasteiger partial charge in [0.05, 0.1) is 0 Å². The van der Waals surface area contributed by atoms with E-state index in [2.05, 4.69) is 22.5 Å². The molecule has 0 spiro atoms. The number of rotatable bonds is 5. The minimum atomic E-state index is -0.106. The smallest absolute Gasteiger partial charge is 0.317 e. The Morgan fingerprint density at radius 3 is 2.11 bits per heavy atom. The molecule has 2 aromatic rings. The van der Waals surface area contributed by atoms with E-state index in [1.54, 1.807) is 0 Å². The Kier molecular flexibility index (Phi) is 6.53. The lowest BCUT2D eigenvalue weighted by molar-refractivity contribution is 0.102. The Bertz CT molecular complexity index is 794. The Morgan fingerprint density at radius 2 is 1.54 bits per heavy atom. The average molecular weight is 380 g/mol. The number of nitrogens with zero attached hydrogens (tertiary/aromatic N) is 2. The van der Waals surface area contributed by atoms with Crippen molar-refractivity contribution in [3.8, 4) is 0 Å². The van der Waals surface area contributed by atoms with E-state index in [9.17, 15) is 9.59 Å². The standard InChI is InChI=1S/C22H28N4O2/c1-3-17-5-7-18(8-6-17)21(27)24-19-9-11-20(12-10-19)25-13-15-26(16-14-25)22(28)23-4-2/h5-12H,3-4,13-16H2,1-2H3,(H,23,28)(H,24,27). The first-order valence-electron chi connectivity index (χ1n) is 9.88. The number of amides is 3. The summed E-state index contributed by atoms with van der Waals surface area (Å²) in [5, 5.41) is 5.79. The highest BCUT2D eigenvalue weighted by Gasteiger charge is 2.20. The van der Waals surface area contributed by atoms with Gasteiger partial charge in [-0.1, -0.05) is 19.1 Å². The van der Waals surface area contributed by atoms with E-state index in [0.717, 1.165) is 30.9 Å². The number of benzene rings is 2. The number of nitrogens with one attached hydrogen (secondary N) is 2. The Balaban J connectivity index is 1.55. The van der Waals surface area contributed by atoms with E-state index in [0.29, 0.717) is 25.2 Å². The van der Waals surface area contributed by atoms with Crippen LogP contribution in [0.3, 0.4) is 0 Å². The highest BCUT2D eigenvalue weighted by Crippen LogP contribution is 2.20. The minimum Gasteiger partial charge on any atom is -0.368 e. The normalized spacial score (nSPS) is 13.9. The topological polar surface area (TPSA) is 64.7 Å². The van der Waals surface area contributed by atoms with Crippen molar-refractivity contribution in [2.75, 3.05) is 42.9 Å². The molecule has 28 heavy (non-hydrogen) atoms. The van der Waals surface area contributed by atoms with Crippen molar-refractivity contribution >= 4 is 23.3 Å². The second-order valence-electron chi connectivity index (χ2n) is 6.86. The third-order valence-electron chi connectivity index (χ3n) is 5.01. The summed E-state index contributed by atoms with van der Waals surface area (Å²) < 4.78 is 0. The first-order valence-corrected chi connectivity index (χ1v) is 9.88. The zero-order valence-corrected chi connectivity index (χ0v) is 16.6. The predicted molar refractivity (Wildman–Crippen MR) is 113 cm³/mol. The van der Waals surface area contributed by atoms with Crippen molar-refractivity contribution in [1.29, 1.82) is 0 Å². The van der Waals surface area contributed by atoms with E-state index in [4.69, 9.17) is 0 Å². The van der Waals surface area contributed by atoms with Gasteiger partial charge in [0.25, 0.3) is 5.91 Å². The molecule has 0 radical (unpaired) electrons. The van der Waals surface area contributed by atoms with Gasteiger partial charge in [-0.05, 0) is 55.3 Å². The van der Waals surface area contributed by atoms with Crippen molar-refractivity contribution in [2.45, 2.75) is 20.3 Å². The first-order chi connectivity index (χ1) is 13.6. The lowest BCUT2D eigenvalue weighted by atomic mass is 10.1. The molecule has 6 heteroatoms. The zero-order chi connectivity index (χ0) is 19.9. The molecule has 2 aromatic carbocycles. The van der Waals surface area contributed by atoms with Gasteiger partial charge >= 0.3 is 6.03 Å². The van der Waals surface area contributed by atoms with Crippen LogP contribution in [-0.4, -0.2) is 49.6 Å². The summed E-state index contributed by atoms with van der Waals surface area (Å²) in [5.74, 6) is -0.106. The summed E-state index contributed by atoms with van der Waals surface area (Å²) in [5.41, 5.74) is 3.74. The fourth-order valence-electron chi connectivity index (χ4n) is 3.28. The fourth-order valence-corrected chi connectivity index (χ4v) is 3.28. The number of hydrogen-bond acceptors (Lipinski definition) is 3. The highest BCUT2D eigenvalue weighted by atomic mass is 16.2. The van der Waals surface area contributed by atoms with E-state index >= 15 is 0 Å². The van der Waals surface area contributed by atoms with E-state index in [1.807, 2.05) is 60.4 Å². The van der Waals surface area contributed by atoms with Crippen LogP contribution in [0.1, 0.15) is 29.8 Å². The molecule has 0 aliphatic carbocycles. The number of urea groups is 1. The first kappa shape index (κ1) is 19.7. The molecule has 0 unspecified atom stereocenters. The van der Waals surface area contributed by atoms with Crippen LogP contribution in [0, 0.1) is 0 Å². The molecule has 3 amide bonds. The van der Waals surface area contributed by atoms with Crippen LogP contribution in [0.25, 0.3) is 0 Å². The van der Waals surface area contributed by atoms with Crippen LogP contribution in [0.5, 0.6) is 0 Å². The molecule has 0 aromatic heterocycles. The average Bonchev–Trinajstić information content (AvgIpc) is 2.74. The predicted octanol–water partition coefficient (Wildman–Crippen LogP) is 3.35. The van der Waals surface area contributed by atoms with Gasteiger partial charge in [0.2, 0.25) is 0 Å². The Hall–Kier alpha value is -3.02. The number of piperazine rings is 1. The summed E-state index contributed by atoms with van der Waals surface area (Å²) >= 11 is 0. The number of carbonyl (C=O) groups excluding carboxylic acids is 2. The van der Waals surface area contributed by atoms with Gasteiger partial charge in [-0.3, -0.25) is 4.79 Å². The maximum atomic E-state index is 12.4. The zero-order valence-electron chi connectivity index (χ0n) is 16.6. The molecule has 0 saturated carbocycles. The van der Waals surface area contributed by atoms with Gasteiger partial charge in [0.15, 0.2) is 0 Å². The van der Waals surface area contributed by atoms with Gasteiger partial charge in [-0.15, -0.1) is 0 Å². The number of hydrogen-bond donors (Lipinski definition) is 2. The largest absolute Gasteiger partial charge is 0.368 e. The van der Waals surface area contributed by atoms with Crippen molar-refractivity contribution in [3.63, 3.8) is 0 Å². The minimum absolute atomic E-state index is 0.00665. The molecule has 148 valence electrons. The molecule has 3 rings (SSSR count). The quantitative estimate of drug-likeness (QED) is 0.836. The Morgan fingerprint density at radius 1 is 0.893 bits per heavy atom. The van der Waals surface area contributed by atoms with E-state index < -0.39 is 0 Å². The summed E-state index contributed by atoms with van der Waals surface area (Å²) in [6.45, 7) is 7.68. The molecular formula is C22H28N4O2. The van der Waals surface area contributed by atoms with Gasteiger partial charge in [-0.2, -0.15) is 0 Å². The van der Waals surface area contributed by atoms with Crippen LogP contribution in [0.2, 0.25) is 0 Å². The number of anilines is 2. The summed E-state index contributed by atoms with van der Waals surface area (Å²) in [6.07, 6.45) is 0.959. The molecule has 1 saturated heterocycles. The summed E-state index contributed by atoms with van der Waals surface area (Å²) in [7, 11) is 0. The van der Waals surface area contributed by atoms with Gasteiger partial charge < -0.3 is 20.4 Å². The van der Waals surface area contributed by atoms with Gasteiger partial charge in [0, 0.05) is 49.7 Å². The lowest BCUT2D eigenvalue weighted by Crippen LogP contribution is -2.51. The molecule has 0 atom stereocenters. The van der Waals surface area contributed by atoms with E-state index in [1.165, 1.54) is 5.56 Å². The molecule has 2 N–H and O–H groups in total. The molecule has 1 aliphatic rings. The van der Waals surface area contributed by atoms with E-state index in [-0.39, 0.29) is 11.9 Å². The van der Waals surface area contributed by atoms with Crippen molar-refractivity contribution in [3.05, 3.63) is 59.7 Å². The van der Waals surface area contributed by atoms with Gasteiger partial charge in [-0.25, -0.2) is 4.79 Å². The maximum Gasteiger partial charge on any atom is 0.317 e. The van der Waals surface area contributed by atoms with Gasteiger partial charge in [0.1, 0.15) is 0 Å². The van der Waals surface area contributed by atoms with Crippen LogP contribution < -0.4 is 15.5 Å². The highest BCUT2D eigenvalue weighted by molar-refractivity contribution is 6.04. The third kappa shape index (κ3) is 4.82. The molecular weight excluding hydrogens is 352 g/mol. The molecule has 0 bridgehead atoms. The van der Waals surface area contributed by atoms with Crippen LogP contribution in [-0.2, 0) is 6.42 Å².